The lowest BCUT2D eigenvalue weighted by molar-refractivity contribution is 0.303. The van der Waals surface area contributed by atoms with Crippen molar-refractivity contribution in [3.05, 3.63) is 23.8 Å². The average molecular weight is 243 g/mol. The molecule has 1 aromatic carbocycles. The molecule has 96 valence electrons. The monoisotopic (exact) mass is 243 g/mol. The highest BCUT2D eigenvalue weighted by atomic mass is 19.1. The number of hydrogen-bond acceptors (Lipinski definition) is 2. The van der Waals surface area contributed by atoms with E-state index in [1.54, 1.807) is 0 Å². The summed E-state index contributed by atoms with van der Waals surface area (Å²) in [6.45, 7) is 2.59. The maximum Gasteiger partial charge on any atom is 0.152 e. The number of ether oxygens (including phenoxy) is 1. The normalized spacial score (nSPS) is 10.5. The minimum absolute atomic E-state index is 0.0954. The van der Waals surface area contributed by atoms with Crippen molar-refractivity contribution < 1.29 is 13.5 Å². The zero-order valence-electron chi connectivity index (χ0n) is 10.1. The molecule has 0 saturated heterocycles. The van der Waals surface area contributed by atoms with Gasteiger partial charge in [-0.25, -0.2) is 8.78 Å². The van der Waals surface area contributed by atoms with E-state index in [0.29, 0.717) is 6.61 Å². The van der Waals surface area contributed by atoms with Crippen LogP contribution in [0.25, 0.3) is 0 Å². The lowest BCUT2D eigenvalue weighted by Gasteiger charge is -2.09. The van der Waals surface area contributed by atoms with Crippen LogP contribution in [-0.4, -0.2) is 6.61 Å². The van der Waals surface area contributed by atoms with Crippen molar-refractivity contribution >= 4 is 5.69 Å². The fourth-order valence-electron chi connectivity index (χ4n) is 1.57. The number of hydrogen-bond donors (Lipinski definition) is 1. The topological polar surface area (TPSA) is 35.2 Å². The molecule has 1 aromatic rings. The summed E-state index contributed by atoms with van der Waals surface area (Å²) >= 11 is 0. The summed E-state index contributed by atoms with van der Waals surface area (Å²) in [5.41, 5.74) is 5.32. The Bertz CT molecular complexity index is 356. The van der Waals surface area contributed by atoms with E-state index in [1.807, 2.05) is 0 Å². The predicted octanol–water partition coefficient (Wildman–Crippen LogP) is 3.90. The van der Waals surface area contributed by atoms with Crippen molar-refractivity contribution in [3.63, 3.8) is 0 Å². The van der Waals surface area contributed by atoms with Crippen LogP contribution in [0.3, 0.4) is 0 Å². The highest BCUT2D eigenvalue weighted by molar-refractivity contribution is 5.53. The molecular weight excluding hydrogens is 224 g/mol. The standard InChI is InChI=1S/C13H19F2NO/c1-2-3-4-5-6-7-17-12-9-10(14)8-11(15)13(12)16/h8-9H,2-7,16H2,1H3. The molecule has 0 unspecified atom stereocenters. The first-order chi connectivity index (χ1) is 8.15. The molecule has 0 fully saturated rings. The molecule has 2 N–H and O–H groups in total. The first-order valence-corrected chi connectivity index (χ1v) is 6.02. The van der Waals surface area contributed by atoms with Crippen LogP contribution in [-0.2, 0) is 0 Å². The van der Waals surface area contributed by atoms with Gasteiger partial charge < -0.3 is 10.5 Å². The van der Waals surface area contributed by atoms with Crippen molar-refractivity contribution in [3.8, 4) is 5.75 Å². The Labute approximate surface area is 101 Å². The van der Waals surface area contributed by atoms with E-state index in [2.05, 4.69) is 6.92 Å². The molecule has 0 saturated carbocycles. The highest BCUT2D eigenvalue weighted by Crippen LogP contribution is 2.25. The maximum atomic E-state index is 13.1. The van der Waals surface area contributed by atoms with E-state index < -0.39 is 11.6 Å². The van der Waals surface area contributed by atoms with Crippen LogP contribution in [0.2, 0.25) is 0 Å². The van der Waals surface area contributed by atoms with Crippen molar-refractivity contribution in [1.82, 2.24) is 0 Å². The third kappa shape index (κ3) is 4.59. The van der Waals surface area contributed by atoms with Gasteiger partial charge >= 0.3 is 0 Å². The van der Waals surface area contributed by atoms with Crippen LogP contribution in [0.1, 0.15) is 39.0 Å². The van der Waals surface area contributed by atoms with Gasteiger partial charge in [0.1, 0.15) is 17.3 Å². The van der Waals surface area contributed by atoms with Gasteiger partial charge in [-0.2, -0.15) is 0 Å². The zero-order chi connectivity index (χ0) is 12.7. The summed E-state index contributed by atoms with van der Waals surface area (Å²) in [5, 5.41) is 0. The molecule has 0 spiro atoms. The second-order valence-electron chi connectivity index (χ2n) is 4.06. The summed E-state index contributed by atoms with van der Waals surface area (Å²) in [6.07, 6.45) is 5.48. The molecule has 0 aliphatic carbocycles. The van der Waals surface area contributed by atoms with Crippen LogP contribution < -0.4 is 10.5 Å². The SMILES string of the molecule is CCCCCCCOc1cc(F)cc(F)c1N. The van der Waals surface area contributed by atoms with Gasteiger partial charge in [0.05, 0.1) is 6.61 Å². The van der Waals surface area contributed by atoms with E-state index in [1.165, 1.54) is 12.8 Å². The fraction of sp³-hybridized carbons (Fsp3) is 0.538. The molecule has 0 aromatic heterocycles. The van der Waals surface area contributed by atoms with E-state index in [-0.39, 0.29) is 11.4 Å². The number of halogens is 2. The van der Waals surface area contributed by atoms with Crippen molar-refractivity contribution in [2.45, 2.75) is 39.0 Å². The smallest absolute Gasteiger partial charge is 0.152 e. The minimum atomic E-state index is -0.772. The molecule has 17 heavy (non-hydrogen) atoms. The molecule has 4 heteroatoms. The van der Waals surface area contributed by atoms with Crippen molar-refractivity contribution in [1.29, 1.82) is 0 Å². The van der Waals surface area contributed by atoms with E-state index in [0.717, 1.165) is 31.4 Å². The Balaban J connectivity index is 2.36. The largest absolute Gasteiger partial charge is 0.491 e. The van der Waals surface area contributed by atoms with E-state index >= 15 is 0 Å². The Kier molecular flexibility index (Phi) is 5.73. The summed E-state index contributed by atoms with van der Waals surface area (Å²) in [4.78, 5) is 0. The molecule has 0 radical (unpaired) electrons. The number of nitrogen functional groups attached to an aromatic ring is 1. The fourth-order valence-corrected chi connectivity index (χ4v) is 1.57. The summed E-state index contributed by atoms with van der Waals surface area (Å²) in [5.74, 6) is -1.35. The quantitative estimate of drug-likeness (QED) is 0.582. The Morgan fingerprint density at radius 3 is 2.53 bits per heavy atom. The van der Waals surface area contributed by atoms with Gasteiger partial charge in [0, 0.05) is 12.1 Å². The molecular formula is C13H19F2NO. The van der Waals surface area contributed by atoms with Gasteiger partial charge in [-0.3, -0.25) is 0 Å². The Morgan fingerprint density at radius 2 is 1.82 bits per heavy atom. The number of nitrogens with two attached hydrogens (primary N) is 1. The summed E-state index contributed by atoms with van der Waals surface area (Å²) in [7, 11) is 0. The Hall–Kier alpha value is -1.32. The van der Waals surface area contributed by atoms with Crippen molar-refractivity contribution in [2.24, 2.45) is 0 Å². The van der Waals surface area contributed by atoms with Gasteiger partial charge in [-0.1, -0.05) is 32.6 Å². The van der Waals surface area contributed by atoms with Gasteiger partial charge in [-0.15, -0.1) is 0 Å². The number of rotatable bonds is 7. The molecule has 0 amide bonds. The molecule has 0 aliphatic heterocycles. The van der Waals surface area contributed by atoms with Crippen LogP contribution in [0.15, 0.2) is 12.1 Å². The molecule has 0 atom stereocenters. The van der Waals surface area contributed by atoms with Gasteiger partial charge in [0.25, 0.3) is 0 Å². The molecule has 0 bridgehead atoms. The maximum absolute atomic E-state index is 13.1. The lowest BCUT2D eigenvalue weighted by Crippen LogP contribution is -2.02. The molecule has 0 aliphatic rings. The number of anilines is 1. The van der Waals surface area contributed by atoms with Crippen molar-refractivity contribution in [2.75, 3.05) is 12.3 Å². The Morgan fingerprint density at radius 1 is 1.12 bits per heavy atom. The van der Waals surface area contributed by atoms with Crippen LogP contribution in [0.5, 0.6) is 5.75 Å². The summed E-state index contributed by atoms with van der Waals surface area (Å²) < 4.78 is 31.3. The third-order valence-corrected chi connectivity index (χ3v) is 2.56. The van der Waals surface area contributed by atoms with Crippen LogP contribution >= 0.6 is 0 Å². The van der Waals surface area contributed by atoms with Gasteiger partial charge in [-0.05, 0) is 6.42 Å². The predicted molar refractivity (Wildman–Crippen MR) is 65.0 cm³/mol. The second kappa shape index (κ2) is 7.09. The molecule has 1 rings (SSSR count). The minimum Gasteiger partial charge on any atom is -0.491 e. The van der Waals surface area contributed by atoms with Gasteiger partial charge in [0.15, 0.2) is 5.82 Å². The zero-order valence-corrected chi connectivity index (χ0v) is 10.1. The summed E-state index contributed by atoms with van der Waals surface area (Å²) in [6, 6.07) is 1.87. The number of unbranched alkanes of at least 4 members (excludes halogenated alkanes) is 4. The first kappa shape index (κ1) is 13.7. The van der Waals surface area contributed by atoms with Crippen LogP contribution in [0.4, 0.5) is 14.5 Å². The first-order valence-electron chi connectivity index (χ1n) is 6.02. The lowest BCUT2D eigenvalue weighted by atomic mass is 10.2. The molecule has 0 heterocycles. The number of benzene rings is 1. The average Bonchev–Trinajstić information content (AvgIpc) is 2.29. The van der Waals surface area contributed by atoms with E-state index in [4.69, 9.17) is 10.5 Å². The second-order valence-corrected chi connectivity index (χ2v) is 4.06. The molecule has 2 nitrogen and oxygen atoms in total. The third-order valence-electron chi connectivity index (χ3n) is 2.56. The van der Waals surface area contributed by atoms with Crippen LogP contribution in [0, 0.1) is 11.6 Å². The van der Waals surface area contributed by atoms with Gasteiger partial charge in [0.2, 0.25) is 0 Å². The van der Waals surface area contributed by atoms with E-state index in [9.17, 15) is 8.78 Å². The highest BCUT2D eigenvalue weighted by Gasteiger charge is 2.08.